The number of hydrogen-bond acceptors (Lipinski definition) is 4. The van der Waals surface area contributed by atoms with Gasteiger partial charge in [0.25, 0.3) is 5.82 Å². The van der Waals surface area contributed by atoms with Gasteiger partial charge in [-0.05, 0) is 12.1 Å². The molecule has 110 valence electrons. The van der Waals surface area contributed by atoms with E-state index in [1.807, 2.05) is 0 Å². The predicted octanol–water partition coefficient (Wildman–Crippen LogP) is 3.96. The maximum absolute atomic E-state index is 12.8. The molecule has 1 aliphatic rings. The van der Waals surface area contributed by atoms with E-state index in [4.69, 9.17) is 23.2 Å². The molecule has 0 saturated heterocycles. The van der Waals surface area contributed by atoms with Gasteiger partial charge in [-0.1, -0.05) is 41.0 Å². The highest BCUT2D eigenvalue weighted by atomic mass is 35.5. The van der Waals surface area contributed by atoms with E-state index in [9.17, 15) is 13.2 Å². The highest BCUT2D eigenvalue weighted by Crippen LogP contribution is 2.33. The van der Waals surface area contributed by atoms with E-state index in [1.54, 1.807) is 12.1 Å². The summed E-state index contributed by atoms with van der Waals surface area (Å²) in [5.74, 6) is -0.815. The van der Waals surface area contributed by atoms with Crippen molar-refractivity contribution in [3.63, 3.8) is 0 Å². The molecule has 0 bridgehead atoms. The van der Waals surface area contributed by atoms with Gasteiger partial charge in [0.2, 0.25) is 5.16 Å². The lowest BCUT2D eigenvalue weighted by molar-refractivity contribution is -0.147. The number of thioether (sulfide) groups is 1. The Morgan fingerprint density at radius 3 is 2.62 bits per heavy atom. The van der Waals surface area contributed by atoms with Crippen molar-refractivity contribution in [1.82, 2.24) is 14.9 Å². The summed E-state index contributed by atoms with van der Waals surface area (Å²) in [6.07, 6.45) is -4.62. The molecule has 2 aromatic rings. The van der Waals surface area contributed by atoms with Gasteiger partial charge in [-0.2, -0.15) is 22.9 Å². The molecule has 0 radical (unpaired) electrons. The molecule has 0 saturated carbocycles. The molecule has 10 heteroatoms. The van der Waals surface area contributed by atoms with Crippen molar-refractivity contribution < 1.29 is 13.2 Å². The van der Waals surface area contributed by atoms with Crippen molar-refractivity contribution in [1.29, 1.82) is 0 Å². The van der Waals surface area contributed by atoms with E-state index in [0.29, 0.717) is 31.7 Å². The molecule has 0 unspecified atom stereocenters. The quantitative estimate of drug-likeness (QED) is 0.780. The largest absolute Gasteiger partial charge is 0.453 e. The Balaban J connectivity index is 2.09. The fourth-order valence-corrected chi connectivity index (χ4v) is 3.10. The molecule has 2 heterocycles. The van der Waals surface area contributed by atoms with E-state index < -0.39 is 12.0 Å². The van der Waals surface area contributed by atoms with Crippen LogP contribution in [0.25, 0.3) is 0 Å². The average Bonchev–Trinajstić information content (AvgIpc) is 2.81. The normalized spacial score (nSPS) is 14.8. The molecule has 0 spiro atoms. The molecule has 1 aromatic carbocycles. The van der Waals surface area contributed by atoms with E-state index in [-0.39, 0.29) is 5.16 Å². The second-order valence-corrected chi connectivity index (χ2v) is 5.86. The van der Waals surface area contributed by atoms with Crippen molar-refractivity contribution in [2.24, 2.45) is 5.10 Å². The first kappa shape index (κ1) is 14.7. The molecule has 3 rings (SSSR count). The van der Waals surface area contributed by atoms with E-state index >= 15 is 0 Å². The van der Waals surface area contributed by atoms with Gasteiger partial charge in [0.15, 0.2) is 0 Å². The van der Waals surface area contributed by atoms with Gasteiger partial charge >= 0.3 is 6.18 Å². The van der Waals surface area contributed by atoms with Crippen molar-refractivity contribution >= 4 is 40.7 Å². The molecule has 0 atom stereocenters. The molecule has 4 nitrogen and oxygen atoms in total. The lowest BCUT2D eigenvalue weighted by atomic mass is 10.1. The number of halogens is 5. The van der Waals surface area contributed by atoms with Crippen molar-refractivity contribution in [3.05, 3.63) is 39.6 Å². The van der Waals surface area contributed by atoms with Crippen LogP contribution in [0.1, 0.15) is 11.4 Å². The van der Waals surface area contributed by atoms with Gasteiger partial charge in [0.05, 0.1) is 10.7 Å². The summed E-state index contributed by atoms with van der Waals surface area (Å²) >= 11 is 13.0. The smallest absolute Gasteiger partial charge is 0.182 e. The average molecular weight is 353 g/mol. The first-order valence-electron chi connectivity index (χ1n) is 5.55. The highest BCUT2D eigenvalue weighted by molar-refractivity contribution is 7.99. The fourth-order valence-electron chi connectivity index (χ4n) is 1.76. The third-order valence-corrected chi connectivity index (χ3v) is 4.14. The minimum atomic E-state index is -4.62. The summed E-state index contributed by atoms with van der Waals surface area (Å²) in [6, 6.07) is 4.73. The monoisotopic (exact) mass is 352 g/mol. The van der Waals surface area contributed by atoms with Gasteiger partial charge in [-0.3, -0.25) is 0 Å². The number of rotatable bonds is 1. The zero-order chi connectivity index (χ0) is 15.2. The maximum atomic E-state index is 12.8. The van der Waals surface area contributed by atoms with Crippen LogP contribution < -0.4 is 0 Å². The lowest BCUT2D eigenvalue weighted by Gasteiger charge is -2.15. The first-order valence-corrected chi connectivity index (χ1v) is 7.29. The third kappa shape index (κ3) is 2.75. The van der Waals surface area contributed by atoms with Gasteiger partial charge in [-0.15, -0.1) is 10.2 Å². The standard InChI is InChI=1S/C11H5Cl2F3N4S/c12-5-1-2-6(7(13)3-5)8-4-21-10-18-17-9(11(14,15)16)20(10)19-8/h1-3H,4H2. The number of alkyl halides is 3. The topological polar surface area (TPSA) is 43.1 Å². The molecule has 0 fully saturated rings. The van der Waals surface area contributed by atoms with Crippen LogP contribution in [0.2, 0.25) is 10.0 Å². The second-order valence-electron chi connectivity index (χ2n) is 4.08. The number of benzene rings is 1. The molecule has 0 amide bonds. The van der Waals surface area contributed by atoms with Crippen molar-refractivity contribution in [2.45, 2.75) is 11.3 Å². The molecular weight excluding hydrogens is 348 g/mol. The van der Waals surface area contributed by atoms with Crippen molar-refractivity contribution in [2.75, 3.05) is 5.75 Å². The summed E-state index contributed by atoms with van der Waals surface area (Å²) in [7, 11) is 0. The zero-order valence-electron chi connectivity index (χ0n) is 10.0. The van der Waals surface area contributed by atoms with Gasteiger partial charge in [-0.25, -0.2) is 0 Å². The lowest BCUT2D eigenvalue weighted by Crippen LogP contribution is -2.19. The Bertz CT molecular complexity index is 742. The summed E-state index contributed by atoms with van der Waals surface area (Å²) in [5.41, 5.74) is 0.931. The van der Waals surface area contributed by atoms with Crippen molar-refractivity contribution in [3.8, 4) is 0 Å². The van der Waals surface area contributed by atoms with Crippen LogP contribution in [-0.2, 0) is 6.18 Å². The molecule has 1 aromatic heterocycles. The number of hydrogen-bond donors (Lipinski definition) is 0. The van der Waals surface area contributed by atoms with Crippen LogP contribution >= 0.6 is 35.0 Å². The van der Waals surface area contributed by atoms with E-state index in [0.717, 1.165) is 11.8 Å². The van der Waals surface area contributed by atoms with Crippen LogP contribution in [0.3, 0.4) is 0 Å². The number of aromatic nitrogens is 3. The SMILES string of the molecule is FC(F)(F)c1nnc2n1N=C(c1ccc(Cl)cc1Cl)CS2. The Labute approximate surface area is 130 Å². The maximum Gasteiger partial charge on any atom is 0.453 e. The van der Waals surface area contributed by atoms with Crippen LogP contribution in [-0.4, -0.2) is 26.3 Å². The Morgan fingerprint density at radius 1 is 1.19 bits per heavy atom. The van der Waals surface area contributed by atoms with Gasteiger partial charge in [0.1, 0.15) is 0 Å². The molecule has 0 N–H and O–H groups in total. The van der Waals surface area contributed by atoms with Crippen LogP contribution in [0.4, 0.5) is 13.2 Å². The van der Waals surface area contributed by atoms with E-state index in [2.05, 4.69) is 15.3 Å². The number of nitrogens with zero attached hydrogens (tertiary/aromatic N) is 4. The highest BCUT2D eigenvalue weighted by Gasteiger charge is 2.40. The van der Waals surface area contributed by atoms with E-state index in [1.165, 1.54) is 6.07 Å². The Kier molecular flexibility index (Phi) is 3.62. The fraction of sp³-hybridized carbons (Fsp3) is 0.182. The Morgan fingerprint density at radius 2 is 1.95 bits per heavy atom. The number of fused-ring (bicyclic) bond motifs is 1. The molecule has 21 heavy (non-hydrogen) atoms. The zero-order valence-corrected chi connectivity index (χ0v) is 12.4. The summed E-state index contributed by atoms with van der Waals surface area (Å²) in [6.45, 7) is 0. The minimum absolute atomic E-state index is 0.0937. The van der Waals surface area contributed by atoms with Gasteiger partial charge in [0, 0.05) is 16.3 Å². The van der Waals surface area contributed by atoms with Crippen LogP contribution in [0.5, 0.6) is 0 Å². The van der Waals surface area contributed by atoms with Crippen LogP contribution in [0, 0.1) is 0 Å². The summed E-state index contributed by atoms with van der Waals surface area (Å²) in [5, 5.41) is 11.5. The molecule has 1 aliphatic heterocycles. The van der Waals surface area contributed by atoms with Gasteiger partial charge < -0.3 is 0 Å². The molecule has 0 aliphatic carbocycles. The summed E-state index contributed by atoms with van der Waals surface area (Å²) < 4.78 is 39.2. The van der Waals surface area contributed by atoms with Crippen LogP contribution in [0.15, 0.2) is 28.5 Å². The summed E-state index contributed by atoms with van der Waals surface area (Å²) in [4.78, 5) is 0. The minimum Gasteiger partial charge on any atom is -0.182 e. The Hall–Kier alpha value is -1.25. The molecular formula is C11H5Cl2F3N4S. The predicted molar refractivity (Wildman–Crippen MR) is 74.1 cm³/mol. The second kappa shape index (κ2) is 5.19. The third-order valence-electron chi connectivity index (χ3n) is 2.67. The first-order chi connectivity index (χ1) is 9.86.